The van der Waals surface area contributed by atoms with Crippen molar-refractivity contribution in [3.8, 4) is 5.75 Å². The Hall–Kier alpha value is -2.86. The fraction of sp³-hybridized carbons (Fsp3) is 0.200. The summed E-state index contributed by atoms with van der Waals surface area (Å²) in [5, 5.41) is 12.8. The van der Waals surface area contributed by atoms with Crippen LogP contribution in [0.4, 0.5) is 0 Å². The number of amides is 2. The van der Waals surface area contributed by atoms with E-state index >= 15 is 0 Å². The molecule has 3 aromatic rings. The number of nitrogens with zero attached hydrogens (tertiary/aromatic N) is 2. The molecule has 0 radical (unpaired) electrons. The molecule has 0 aliphatic carbocycles. The van der Waals surface area contributed by atoms with Gasteiger partial charge in [0.25, 0.3) is 11.8 Å². The summed E-state index contributed by atoms with van der Waals surface area (Å²) in [6, 6.07) is 14.4. The van der Waals surface area contributed by atoms with Crippen molar-refractivity contribution in [1.82, 2.24) is 9.80 Å². The second-order valence-electron chi connectivity index (χ2n) is 6.25. The molecule has 2 aromatic carbocycles. The summed E-state index contributed by atoms with van der Waals surface area (Å²) < 4.78 is 1.10. The normalized spacial score (nSPS) is 14.6. The summed E-state index contributed by atoms with van der Waals surface area (Å²) in [6.07, 6.45) is 0. The summed E-state index contributed by atoms with van der Waals surface area (Å²) in [6.45, 7) is 1.90. The number of phenols is 1. The number of para-hydroxylation sites is 1. The average Bonchev–Trinajstić information content (AvgIpc) is 3.11. The topological polar surface area (TPSA) is 60.9 Å². The summed E-state index contributed by atoms with van der Waals surface area (Å²) >= 11 is 1.57. The van der Waals surface area contributed by atoms with Crippen molar-refractivity contribution >= 4 is 33.2 Å². The predicted molar refractivity (Wildman–Crippen MR) is 102 cm³/mol. The molecule has 4 rings (SSSR count). The first-order valence-electron chi connectivity index (χ1n) is 8.48. The molecule has 1 N–H and O–H groups in total. The smallest absolute Gasteiger partial charge is 0.257 e. The van der Waals surface area contributed by atoms with Gasteiger partial charge in [0.05, 0.1) is 11.1 Å². The van der Waals surface area contributed by atoms with E-state index < -0.39 is 0 Å². The average molecular weight is 366 g/mol. The molecule has 132 valence electrons. The van der Waals surface area contributed by atoms with Crippen molar-refractivity contribution in [1.29, 1.82) is 0 Å². The number of thiophene rings is 1. The van der Waals surface area contributed by atoms with Crippen molar-refractivity contribution in [2.75, 3.05) is 26.2 Å². The maximum absolute atomic E-state index is 12.9. The summed E-state index contributed by atoms with van der Waals surface area (Å²) in [4.78, 5) is 28.9. The van der Waals surface area contributed by atoms with Crippen molar-refractivity contribution in [3.63, 3.8) is 0 Å². The van der Waals surface area contributed by atoms with Gasteiger partial charge in [-0.2, -0.15) is 0 Å². The van der Waals surface area contributed by atoms with Gasteiger partial charge in [0.1, 0.15) is 5.75 Å². The molecule has 0 saturated carbocycles. The van der Waals surface area contributed by atoms with Crippen molar-refractivity contribution in [2.24, 2.45) is 0 Å². The number of aromatic hydroxyl groups is 1. The maximum Gasteiger partial charge on any atom is 0.257 e. The van der Waals surface area contributed by atoms with Crippen LogP contribution >= 0.6 is 11.3 Å². The number of phenolic OH excluding ortho intramolecular Hbond substituents is 1. The van der Waals surface area contributed by atoms with E-state index in [1.807, 2.05) is 29.6 Å². The Kier molecular flexibility index (Phi) is 4.34. The van der Waals surface area contributed by atoms with Crippen LogP contribution in [0.1, 0.15) is 20.7 Å². The maximum atomic E-state index is 12.9. The molecule has 1 aromatic heterocycles. The van der Waals surface area contributed by atoms with Crippen LogP contribution in [0.5, 0.6) is 5.75 Å². The number of rotatable bonds is 2. The first kappa shape index (κ1) is 16.6. The summed E-state index contributed by atoms with van der Waals surface area (Å²) in [7, 11) is 0. The minimum Gasteiger partial charge on any atom is -0.507 e. The van der Waals surface area contributed by atoms with Crippen LogP contribution in [0.3, 0.4) is 0 Å². The SMILES string of the molecule is O=C(c1ccccc1O)N1CCN(C(=O)c2csc3ccccc23)CC1. The standard InChI is InChI=1S/C20H18N2O3S/c23-17-7-3-1-6-15(17)19(24)21-9-11-22(12-10-21)20(25)16-13-26-18-8-4-2-5-14(16)18/h1-8,13,23H,9-12H2. The first-order chi connectivity index (χ1) is 12.6. The largest absolute Gasteiger partial charge is 0.507 e. The summed E-state index contributed by atoms with van der Waals surface area (Å²) in [5.41, 5.74) is 1.03. The number of hydrogen-bond acceptors (Lipinski definition) is 4. The fourth-order valence-electron chi connectivity index (χ4n) is 3.25. The van der Waals surface area contributed by atoms with Crippen LogP contribution in [0.25, 0.3) is 10.1 Å². The van der Waals surface area contributed by atoms with Crippen LogP contribution < -0.4 is 0 Å². The Morgan fingerprint density at radius 3 is 2.08 bits per heavy atom. The van der Waals surface area contributed by atoms with Gasteiger partial charge in [0.2, 0.25) is 0 Å². The van der Waals surface area contributed by atoms with Crippen LogP contribution in [0.15, 0.2) is 53.9 Å². The van der Waals surface area contributed by atoms with Crippen LogP contribution in [0, 0.1) is 0 Å². The van der Waals surface area contributed by atoms with Crippen LogP contribution in [-0.2, 0) is 0 Å². The molecule has 1 saturated heterocycles. The summed E-state index contributed by atoms with van der Waals surface area (Å²) in [5.74, 6) is -0.200. The number of benzene rings is 2. The van der Waals surface area contributed by atoms with Gasteiger partial charge in [-0.25, -0.2) is 0 Å². The van der Waals surface area contributed by atoms with Gasteiger partial charge in [0, 0.05) is 41.6 Å². The molecule has 1 fully saturated rings. The van der Waals surface area contributed by atoms with Gasteiger partial charge in [-0.15, -0.1) is 11.3 Å². The molecule has 2 amide bonds. The molecule has 1 aliphatic heterocycles. The second-order valence-corrected chi connectivity index (χ2v) is 7.16. The van der Waals surface area contributed by atoms with Crippen molar-refractivity contribution < 1.29 is 14.7 Å². The highest BCUT2D eigenvalue weighted by Crippen LogP contribution is 2.27. The second kappa shape index (κ2) is 6.80. The Bertz CT molecular complexity index is 974. The third-order valence-electron chi connectivity index (χ3n) is 4.70. The van der Waals surface area contributed by atoms with Crippen molar-refractivity contribution in [3.05, 3.63) is 65.0 Å². The molecule has 0 bridgehead atoms. The monoisotopic (exact) mass is 366 g/mol. The zero-order valence-electron chi connectivity index (χ0n) is 14.1. The van der Waals surface area contributed by atoms with E-state index in [-0.39, 0.29) is 17.6 Å². The van der Waals surface area contributed by atoms with Gasteiger partial charge < -0.3 is 14.9 Å². The van der Waals surface area contributed by atoms with Gasteiger partial charge in [-0.05, 0) is 18.2 Å². The molecule has 2 heterocycles. The van der Waals surface area contributed by atoms with E-state index in [1.165, 1.54) is 6.07 Å². The number of fused-ring (bicyclic) bond motifs is 1. The first-order valence-corrected chi connectivity index (χ1v) is 9.36. The lowest BCUT2D eigenvalue weighted by molar-refractivity contribution is 0.0535. The van der Waals surface area contributed by atoms with Crippen LogP contribution in [0.2, 0.25) is 0 Å². The Morgan fingerprint density at radius 1 is 0.808 bits per heavy atom. The zero-order valence-corrected chi connectivity index (χ0v) is 14.9. The molecule has 0 unspecified atom stereocenters. The number of carbonyl (C=O) groups is 2. The fourth-order valence-corrected chi connectivity index (χ4v) is 4.19. The van der Waals surface area contributed by atoms with Gasteiger partial charge in [-0.1, -0.05) is 30.3 Å². The van der Waals surface area contributed by atoms with Crippen molar-refractivity contribution in [2.45, 2.75) is 0 Å². The third-order valence-corrected chi connectivity index (χ3v) is 5.66. The van der Waals surface area contributed by atoms with E-state index in [4.69, 9.17) is 0 Å². The molecular formula is C20H18N2O3S. The van der Waals surface area contributed by atoms with Gasteiger partial charge in [-0.3, -0.25) is 9.59 Å². The minimum absolute atomic E-state index is 0.0112. The number of piperazine rings is 1. The highest BCUT2D eigenvalue weighted by Gasteiger charge is 2.27. The van der Waals surface area contributed by atoms with E-state index in [1.54, 1.807) is 39.3 Å². The molecule has 26 heavy (non-hydrogen) atoms. The molecular weight excluding hydrogens is 348 g/mol. The van der Waals surface area contributed by atoms with E-state index in [2.05, 4.69) is 0 Å². The molecule has 0 atom stereocenters. The Morgan fingerprint density at radius 2 is 1.38 bits per heavy atom. The lowest BCUT2D eigenvalue weighted by Crippen LogP contribution is -2.50. The van der Waals surface area contributed by atoms with E-state index in [9.17, 15) is 14.7 Å². The molecule has 0 spiro atoms. The Balaban J connectivity index is 1.46. The van der Waals surface area contributed by atoms with E-state index in [0.717, 1.165) is 15.6 Å². The molecule has 1 aliphatic rings. The highest BCUT2D eigenvalue weighted by molar-refractivity contribution is 7.17. The van der Waals surface area contributed by atoms with Crippen LogP contribution in [-0.4, -0.2) is 52.9 Å². The molecule has 5 nitrogen and oxygen atoms in total. The predicted octanol–water partition coefficient (Wildman–Crippen LogP) is 3.21. The van der Waals surface area contributed by atoms with E-state index in [0.29, 0.717) is 31.7 Å². The lowest BCUT2D eigenvalue weighted by atomic mass is 10.1. The minimum atomic E-state index is -0.198. The highest BCUT2D eigenvalue weighted by atomic mass is 32.1. The lowest BCUT2D eigenvalue weighted by Gasteiger charge is -2.34. The molecule has 6 heteroatoms. The number of hydrogen-bond donors (Lipinski definition) is 1. The van der Waals surface area contributed by atoms with Gasteiger partial charge in [0.15, 0.2) is 0 Å². The quantitative estimate of drug-likeness (QED) is 0.758. The van der Waals surface area contributed by atoms with Gasteiger partial charge >= 0.3 is 0 Å². The number of carbonyl (C=O) groups excluding carboxylic acids is 2. The third kappa shape index (κ3) is 2.93. The zero-order chi connectivity index (χ0) is 18.1. The Labute approximate surface area is 155 Å².